The molecule has 246 valence electrons. The Morgan fingerprint density at radius 3 is 2.28 bits per heavy atom. The number of benzene rings is 2. The highest BCUT2D eigenvalue weighted by atomic mass is 16.6. The summed E-state index contributed by atoms with van der Waals surface area (Å²) in [6.07, 6.45) is 2.79. The highest BCUT2D eigenvalue weighted by Crippen LogP contribution is 2.26. The lowest BCUT2D eigenvalue weighted by Gasteiger charge is -2.33. The van der Waals surface area contributed by atoms with Gasteiger partial charge in [-0.05, 0) is 44.4 Å². The van der Waals surface area contributed by atoms with E-state index in [0.717, 1.165) is 22.0 Å². The van der Waals surface area contributed by atoms with Gasteiger partial charge in [0.05, 0.1) is 6.04 Å². The predicted molar refractivity (Wildman–Crippen MR) is 177 cm³/mol. The molecule has 4 rings (SSSR count). The number of likely N-dealkylation sites (N-methyl/N-ethyl adjacent to an activating group) is 1. The summed E-state index contributed by atoms with van der Waals surface area (Å²) in [4.78, 5) is 59.6. The smallest absolute Gasteiger partial charge is 0.338 e. The molecule has 1 aromatic heterocycles. The SMILES string of the molecule is CO[C@@H]1C(=O)O[C@H](C)[C@H](C)/C=C(\C)C[C@H](C)C(=O)N[C@@H](C)C(=O)N(C)[C@H](Cc2c[nH]c3ccccc23)C(=O)N[C@@H]1c1ccccc1. The molecule has 0 spiro atoms. The summed E-state index contributed by atoms with van der Waals surface area (Å²) in [5.41, 5.74) is 3.34. The number of rotatable bonds is 4. The molecule has 2 aromatic carbocycles. The van der Waals surface area contributed by atoms with Gasteiger partial charge >= 0.3 is 5.97 Å². The standard InChI is InChI=1S/C36H46N4O6/c1-21-17-22(2)25(5)46-36(44)32(45-7)31(26-13-9-8-10-14-26)39-34(42)30(19-27-20-37-29-16-12-11-15-28(27)29)40(6)35(43)24(4)38-33(41)23(3)18-21/h8-17,20,22-25,30-32,37H,18-19H2,1-7H3,(H,38,41)(H,39,42)/b21-17+/t22-,23+,24+,25-,30-,31-,32+/m1/s1. The van der Waals surface area contributed by atoms with Crippen molar-refractivity contribution in [2.75, 3.05) is 14.2 Å². The Morgan fingerprint density at radius 2 is 1.59 bits per heavy atom. The number of nitrogens with one attached hydrogen (secondary N) is 3. The van der Waals surface area contributed by atoms with Gasteiger partial charge in [-0.15, -0.1) is 0 Å². The number of esters is 1. The Balaban J connectivity index is 1.78. The molecule has 0 fully saturated rings. The summed E-state index contributed by atoms with van der Waals surface area (Å²) in [5.74, 6) is -2.36. The highest BCUT2D eigenvalue weighted by molar-refractivity contribution is 5.93. The number of allylic oxidation sites excluding steroid dienone is 1. The molecule has 1 aliphatic rings. The van der Waals surface area contributed by atoms with Gasteiger partial charge in [0.2, 0.25) is 17.7 Å². The van der Waals surface area contributed by atoms with Gasteiger partial charge in [-0.2, -0.15) is 0 Å². The van der Waals surface area contributed by atoms with Crippen LogP contribution < -0.4 is 10.6 Å². The maximum atomic E-state index is 14.3. The highest BCUT2D eigenvalue weighted by Gasteiger charge is 2.38. The third kappa shape index (κ3) is 8.04. The molecule has 1 aliphatic heterocycles. The Bertz CT molecular complexity index is 1570. The average Bonchev–Trinajstić information content (AvgIpc) is 3.45. The Hall–Kier alpha value is -4.44. The van der Waals surface area contributed by atoms with E-state index in [4.69, 9.17) is 9.47 Å². The number of hydrogen-bond donors (Lipinski definition) is 3. The third-order valence-electron chi connectivity index (χ3n) is 8.85. The van der Waals surface area contributed by atoms with Crippen LogP contribution >= 0.6 is 0 Å². The van der Waals surface area contributed by atoms with E-state index >= 15 is 0 Å². The minimum Gasteiger partial charge on any atom is -0.460 e. The number of ether oxygens (including phenoxy) is 2. The summed E-state index contributed by atoms with van der Waals surface area (Å²) in [7, 11) is 2.96. The number of hydrogen-bond acceptors (Lipinski definition) is 6. The summed E-state index contributed by atoms with van der Waals surface area (Å²) in [5, 5.41) is 6.80. The topological polar surface area (TPSA) is 130 Å². The first kappa shape index (κ1) is 34.4. The summed E-state index contributed by atoms with van der Waals surface area (Å²) >= 11 is 0. The predicted octanol–water partition coefficient (Wildman–Crippen LogP) is 4.47. The van der Waals surface area contributed by atoms with E-state index in [2.05, 4.69) is 15.6 Å². The number of cyclic esters (lactones) is 1. The minimum absolute atomic E-state index is 0.157. The number of amides is 3. The van der Waals surface area contributed by atoms with E-state index < -0.39 is 54.0 Å². The van der Waals surface area contributed by atoms with Gasteiger partial charge in [0.15, 0.2) is 6.10 Å². The maximum absolute atomic E-state index is 14.3. The second kappa shape index (κ2) is 15.2. The van der Waals surface area contributed by atoms with Gasteiger partial charge in [-0.1, -0.05) is 74.0 Å². The van der Waals surface area contributed by atoms with Crippen LogP contribution in [0.4, 0.5) is 0 Å². The lowest BCUT2D eigenvalue weighted by atomic mass is 9.95. The molecule has 0 radical (unpaired) electrons. The van der Waals surface area contributed by atoms with Crippen molar-refractivity contribution in [3.63, 3.8) is 0 Å². The van der Waals surface area contributed by atoms with Crippen molar-refractivity contribution in [1.82, 2.24) is 20.5 Å². The van der Waals surface area contributed by atoms with E-state index in [1.807, 2.05) is 75.5 Å². The van der Waals surface area contributed by atoms with Crippen molar-refractivity contribution >= 4 is 34.6 Å². The van der Waals surface area contributed by atoms with Crippen LogP contribution in [0.15, 0.2) is 72.4 Å². The van der Waals surface area contributed by atoms with Crippen molar-refractivity contribution in [2.24, 2.45) is 11.8 Å². The Morgan fingerprint density at radius 1 is 0.913 bits per heavy atom. The van der Waals surface area contributed by atoms with Crippen molar-refractivity contribution in [2.45, 2.75) is 77.8 Å². The number of H-pyrrole nitrogens is 1. The molecular formula is C36H46N4O6. The quantitative estimate of drug-likeness (QED) is 0.288. The number of nitrogens with zero attached hydrogens (tertiary/aromatic N) is 1. The van der Waals surface area contributed by atoms with E-state index in [9.17, 15) is 19.2 Å². The van der Waals surface area contributed by atoms with Gasteiger partial charge in [0.1, 0.15) is 18.2 Å². The Kier molecular flexibility index (Phi) is 11.4. The number of carbonyl (C=O) groups is 4. The number of para-hydroxylation sites is 1. The zero-order valence-electron chi connectivity index (χ0n) is 27.7. The second-order valence-corrected chi connectivity index (χ2v) is 12.4. The van der Waals surface area contributed by atoms with Gasteiger partial charge in [0.25, 0.3) is 0 Å². The molecule has 46 heavy (non-hydrogen) atoms. The minimum atomic E-state index is -1.17. The lowest BCUT2D eigenvalue weighted by Crippen LogP contribution is -2.56. The molecule has 0 bridgehead atoms. The van der Waals surface area contributed by atoms with Crippen LogP contribution in [-0.2, 0) is 35.1 Å². The molecule has 10 heteroatoms. The fourth-order valence-electron chi connectivity index (χ4n) is 5.99. The zero-order valence-corrected chi connectivity index (χ0v) is 27.7. The molecular weight excluding hydrogens is 584 g/mol. The zero-order chi connectivity index (χ0) is 33.5. The van der Waals surface area contributed by atoms with Crippen molar-refractivity contribution in [3.8, 4) is 0 Å². The number of aromatic nitrogens is 1. The molecule has 0 saturated heterocycles. The van der Waals surface area contributed by atoms with Gasteiger partial charge in [0, 0.05) is 49.5 Å². The van der Waals surface area contributed by atoms with Crippen LogP contribution in [0.3, 0.4) is 0 Å². The monoisotopic (exact) mass is 630 g/mol. The first-order chi connectivity index (χ1) is 21.9. The van der Waals surface area contributed by atoms with Crippen LogP contribution in [0.5, 0.6) is 0 Å². The molecule has 10 nitrogen and oxygen atoms in total. The molecule has 3 amide bonds. The van der Waals surface area contributed by atoms with Crippen LogP contribution in [-0.4, -0.2) is 72.0 Å². The van der Waals surface area contributed by atoms with Gasteiger partial charge in [-0.25, -0.2) is 4.79 Å². The molecule has 7 atom stereocenters. The van der Waals surface area contributed by atoms with Crippen molar-refractivity contribution < 1.29 is 28.7 Å². The van der Waals surface area contributed by atoms with Crippen LogP contribution in [0.2, 0.25) is 0 Å². The molecule has 3 N–H and O–H groups in total. The lowest BCUT2D eigenvalue weighted by molar-refractivity contribution is -0.164. The van der Waals surface area contributed by atoms with Crippen molar-refractivity contribution in [3.05, 3.63) is 83.6 Å². The fraction of sp³-hybridized carbons (Fsp3) is 0.444. The molecule has 0 aliphatic carbocycles. The van der Waals surface area contributed by atoms with E-state index in [1.165, 1.54) is 12.0 Å². The molecule has 2 heterocycles. The molecule has 0 saturated carbocycles. The van der Waals surface area contributed by atoms with Crippen LogP contribution in [0, 0.1) is 11.8 Å². The van der Waals surface area contributed by atoms with Gasteiger partial charge < -0.3 is 30.0 Å². The fourth-order valence-corrected chi connectivity index (χ4v) is 5.99. The number of fused-ring (bicyclic) bond motifs is 1. The molecule has 3 aromatic rings. The normalized spacial score (nSPS) is 28.8. The summed E-state index contributed by atoms with van der Waals surface area (Å²) in [6.45, 7) is 9.11. The number of methoxy groups -OCH3 is 1. The average molecular weight is 631 g/mol. The summed E-state index contributed by atoms with van der Waals surface area (Å²) in [6, 6.07) is 14.0. The second-order valence-electron chi connectivity index (χ2n) is 12.4. The van der Waals surface area contributed by atoms with E-state index in [0.29, 0.717) is 12.0 Å². The Labute approximate surface area is 270 Å². The first-order valence-corrected chi connectivity index (χ1v) is 15.8. The molecule has 0 unspecified atom stereocenters. The van der Waals surface area contributed by atoms with Crippen LogP contribution in [0.25, 0.3) is 10.9 Å². The van der Waals surface area contributed by atoms with Gasteiger partial charge in [-0.3, -0.25) is 14.4 Å². The third-order valence-corrected chi connectivity index (χ3v) is 8.85. The van der Waals surface area contributed by atoms with Crippen LogP contribution in [0.1, 0.15) is 58.2 Å². The largest absolute Gasteiger partial charge is 0.460 e. The summed E-state index contributed by atoms with van der Waals surface area (Å²) < 4.78 is 11.6. The first-order valence-electron chi connectivity index (χ1n) is 15.8. The number of carbonyl (C=O) groups excluding carboxylic acids is 4. The number of aromatic amines is 1. The van der Waals surface area contributed by atoms with Crippen molar-refractivity contribution in [1.29, 1.82) is 0 Å². The van der Waals surface area contributed by atoms with E-state index in [1.54, 1.807) is 33.0 Å². The van der Waals surface area contributed by atoms with E-state index in [-0.39, 0.29) is 18.2 Å². The maximum Gasteiger partial charge on any atom is 0.338 e.